The largest absolute Gasteiger partial charge is 0.480 e. The fourth-order valence-corrected chi connectivity index (χ4v) is 3.15. The van der Waals surface area contributed by atoms with Crippen molar-refractivity contribution in [3.8, 4) is 0 Å². The number of carbonyl (C=O) groups is 2. The van der Waals surface area contributed by atoms with Crippen molar-refractivity contribution >= 4 is 37.7 Å². The third kappa shape index (κ3) is 6.23. The lowest BCUT2D eigenvalue weighted by Gasteiger charge is -2.17. The van der Waals surface area contributed by atoms with Crippen molar-refractivity contribution in [2.45, 2.75) is 4.90 Å². The van der Waals surface area contributed by atoms with Crippen LogP contribution in [0.25, 0.3) is 0 Å². The number of rotatable bonds is 8. The van der Waals surface area contributed by atoms with Gasteiger partial charge in [0, 0.05) is 11.0 Å². The number of benzene rings is 1. The fraction of sp³-hybridized carbons (Fsp3) is 0.333. The van der Waals surface area contributed by atoms with Crippen LogP contribution >= 0.6 is 15.9 Å². The van der Waals surface area contributed by atoms with Crippen LogP contribution in [0.5, 0.6) is 0 Å². The van der Waals surface area contributed by atoms with Crippen LogP contribution in [0.1, 0.15) is 0 Å². The number of sulfone groups is 1. The van der Waals surface area contributed by atoms with E-state index in [9.17, 15) is 18.0 Å². The maximum absolute atomic E-state index is 12.1. The summed E-state index contributed by atoms with van der Waals surface area (Å²) in [6.45, 7) is -1.22. The van der Waals surface area contributed by atoms with E-state index >= 15 is 0 Å². The Hall–Kier alpha value is -1.45. The summed E-state index contributed by atoms with van der Waals surface area (Å²) in [6.07, 6.45) is 0. The van der Waals surface area contributed by atoms with Crippen molar-refractivity contribution in [1.29, 1.82) is 0 Å². The van der Waals surface area contributed by atoms with E-state index in [2.05, 4.69) is 15.9 Å². The van der Waals surface area contributed by atoms with Gasteiger partial charge >= 0.3 is 11.9 Å². The van der Waals surface area contributed by atoms with Crippen LogP contribution in [0.15, 0.2) is 33.6 Å². The number of carboxylic acids is 2. The number of nitrogens with zero attached hydrogens (tertiary/aromatic N) is 1. The highest BCUT2D eigenvalue weighted by atomic mass is 79.9. The molecule has 0 unspecified atom stereocenters. The molecule has 1 rings (SSSR count). The molecule has 116 valence electrons. The quantitative estimate of drug-likeness (QED) is 0.683. The van der Waals surface area contributed by atoms with E-state index in [0.29, 0.717) is 0 Å². The minimum atomic E-state index is -3.59. The SMILES string of the molecule is O=C(O)CN(CCS(=O)(=O)c1ccc(Br)cc1)CC(=O)O. The molecule has 21 heavy (non-hydrogen) atoms. The molecule has 0 fully saturated rings. The summed E-state index contributed by atoms with van der Waals surface area (Å²) in [4.78, 5) is 22.4. The standard InChI is InChI=1S/C12H14BrNO6S/c13-9-1-3-10(4-2-9)21(19,20)6-5-14(7-11(15)16)8-12(17)18/h1-4H,5-8H2,(H,15,16)(H,17,18). The molecule has 7 nitrogen and oxygen atoms in total. The molecular weight excluding hydrogens is 366 g/mol. The van der Waals surface area contributed by atoms with E-state index in [1.165, 1.54) is 12.1 Å². The summed E-state index contributed by atoms with van der Waals surface area (Å²) >= 11 is 3.20. The van der Waals surface area contributed by atoms with Crippen molar-refractivity contribution in [2.75, 3.05) is 25.4 Å². The second-order valence-corrected chi connectivity index (χ2v) is 7.30. The molecule has 0 radical (unpaired) electrons. The monoisotopic (exact) mass is 379 g/mol. The molecule has 0 spiro atoms. The van der Waals surface area contributed by atoms with Crippen LogP contribution in [-0.4, -0.2) is 60.9 Å². The van der Waals surface area contributed by atoms with Crippen molar-refractivity contribution < 1.29 is 28.2 Å². The summed E-state index contributed by atoms with van der Waals surface area (Å²) in [7, 11) is -3.59. The van der Waals surface area contributed by atoms with Gasteiger partial charge in [0.25, 0.3) is 0 Å². The van der Waals surface area contributed by atoms with Crippen molar-refractivity contribution in [3.05, 3.63) is 28.7 Å². The molecule has 0 saturated carbocycles. The van der Waals surface area contributed by atoms with Crippen LogP contribution in [0.3, 0.4) is 0 Å². The Balaban J connectivity index is 2.75. The van der Waals surface area contributed by atoms with Gasteiger partial charge in [-0.25, -0.2) is 8.42 Å². The zero-order chi connectivity index (χ0) is 16.0. The summed E-state index contributed by atoms with van der Waals surface area (Å²) in [5.74, 6) is -2.77. The van der Waals surface area contributed by atoms with Gasteiger partial charge < -0.3 is 10.2 Å². The van der Waals surface area contributed by atoms with Gasteiger partial charge in [-0.05, 0) is 24.3 Å². The van der Waals surface area contributed by atoms with Crippen LogP contribution in [0.2, 0.25) is 0 Å². The second kappa shape index (κ2) is 7.53. The maximum Gasteiger partial charge on any atom is 0.317 e. The van der Waals surface area contributed by atoms with E-state index in [4.69, 9.17) is 10.2 Å². The zero-order valence-corrected chi connectivity index (χ0v) is 13.3. The third-order valence-electron chi connectivity index (χ3n) is 2.57. The molecule has 0 aliphatic heterocycles. The summed E-state index contributed by atoms with van der Waals surface area (Å²) in [5, 5.41) is 17.4. The third-order valence-corrected chi connectivity index (χ3v) is 4.81. The summed E-state index contributed by atoms with van der Waals surface area (Å²) in [6, 6.07) is 6.02. The lowest BCUT2D eigenvalue weighted by Crippen LogP contribution is -2.37. The van der Waals surface area contributed by atoms with E-state index in [0.717, 1.165) is 9.37 Å². The Bertz CT molecular complexity index is 597. The molecule has 0 aliphatic rings. The number of halogens is 1. The molecule has 0 aliphatic carbocycles. The van der Waals surface area contributed by atoms with Crippen LogP contribution < -0.4 is 0 Å². The smallest absolute Gasteiger partial charge is 0.317 e. The van der Waals surface area contributed by atoms with E-state index in [-0.39, 0.29) is 17.2 Å². The first kappa shape index (κ1) is 17.6. The highest BCUT2D eigenvalue weighted by molar-refractivity contribution is 9.10. The predicted molar refractivity (Wildman–Crippen MR) is 77.9 cm³/mol. The average Bonchev–Trinajstić information content (AvgIpc) is 2.35. The molecule has 0 amide bonds. The van der Waals surface area contributed by atoms with Gasteiger partial charge in [0.2, 0.25) is 0 Å². The van der Waals surface area contributed by atoms with E-state index in [1.807, 2.05) is 0 Å². The van der Waals surface area contributed by atoms with Gasteiger partial charge in [-0.3, -0.25) is 14.5 Å². The number of carboxylic acid groups (broad SMARTS) is 2. The summed E-state index contributed by atoms with van der Waals surface area (Å²) in [5.41, 5.74) is 0. The van der Waals surface area contributed by atoms with Crippen LogP contribution in [0, 0.1) is 0 Å². The van der Waals surface area contributed by atoms with Crippen LogP contribution in [-0.2, 0) is 19.4 Å². The molecule has 2 N–H and O–H groups in total. The lowest BCUT2D eigenvalue weighted by molar-refractivity contribution is -0.141. The van der Waals surface area contributed by atoms with Gasteiger partial charge in [-0.1, -0.05) is 15.9 Å². The van der Waals surface area contributed by atoms with E-state index < -0.39 is 34.9 Å². The Morgan fingerprint density at radius 2 is 1.52 bits per heavy atom. The molecule has 9 heteroatoms. The lowest BCUT2D eigenvalue weighted by atomic mass is 10.4. The van der Waals surface area contributed by atoms with Crippen molar-refractivity contribution in [1.82, 2.24) is 4.90 Å². The molecule has 1 aromatic carbocycles. The number of hydrogen-bond donors (Lipinski definition) is 2. The van der Waals surface area contributed by atoms with Crippen LogP contribution in [0.4, 0.5) is 0 Å². The first-order valence-electron chi connectivity index (χ1n) is 5.85. The first-order valence-corrected chi connectivity index (χ1v) is 8.29. The van der Waals surface area contributed by atoms with Gasteiger partial charge in [0.1, 0.15) is 0 Å². The molecule has 0 aromatic heterocycles. The minimum Gasteiger partial charge on any atom is -0.480 e. The molecular formula is C12H14BrNO6S. The van der Waals surface area contributed by atoms with Gasteiger partial charge in [-0.15, -0.1) is 0 Å². The van der Waals surface area contributed by atoms with E-state index in [1.54, 1.807) is 12.1 Å². The first-order chi connectivity index (χ1) is 9.70. The zero-order valence-electron chi connectivity index (χ0n) is 10.9. The van der Waals surface area contributed by atoms with Gasteiger partial charge in [0.15, 0.2) is 9.84 Å². The molecule has 0 bridgehead atoms. The van der Waals surface area contributed by atoms with Crippen molar-refractivity contribution in [3.63, 3.8) is 0 Å². The number of aliphatic carboxylic acids is 2. The predicted octanol–water partition coefficient (Wildman–Crippen LogP) is 0.694. The molecule has 0 atom stereocenters. The normalized spacial score (nSPS) is 11.5. The Labute approximate surface area is 130 Å². The maximum atomic E-state index is 12.1. The van der Waals surface area contributed by atoms with Gasteiger partial charge in [-0.2, -0.15) is 0 Å². The highest BCUT2D eigenvalue weighted by Gasteiger charge is 2.19. The highest BCUT2D eigenvalue weighted by Crippen LogP contribution is 2.16. The molecule has 0 heterocycles. The van der Waals surface area contributed by atoms with Crippen molar-refractivity contribution in [2.24, 2.45) is 0 Å². The average molecular weight is 380 g/mol. The topological polar surface area (TPSA) is 112 Å². The Morgan fingerprint density at radius 3 is 1.95 bits per heavy atom. The summed E-state index contributed by atoms with van der Waals surface area (Å²) < 4.78 is 24.9. The second-order valence-electron chi connectivity index (χ2n) is 4.27. The Morgan fingerprint density at radius 1 is 1.05 bits per heavy atom. The van der Waals surface area contributed by atoms with Gasteiger partial charge in [0.05, 0.1) is 23.7 Å². The molecule has 1 aromatic rings. The minimum absolute atomic E-state index is 0.108. The fourth-order valence-electron chi connectivity index (χ4n) is 1.61. The molecule has 0 saturated heterocycles. The Kier molecular flexibility index (Phi) is 6.31. The number of hydrogen-bond acceptors (Lipinski definition) is 5.